The molecule has 1 atom stereocenters. The van der Waals surface area contributed by atoms with Gasteiger partial charge in [-0.2, -0.15) is 0 Å². The van der Waals surface area contributed by atoms with E-state index in [1.807, 2.05) is 51.2 Å². The number of fused-ring (bicyclic) bond motifs is 1. The molecule has 6 nitrogen and oxygen atoms in total. The summed E-state index contributed by atoms with van der Waals surface area (Å²) in [6.45, 7) is 3.89. The highest BCUT2D eigenvalue weighted by molar-refractivity contribution is 5.82. The van der Waals surface area contributed by atoms with Crippen molar-refractivity contribution >= 4 is 17.0 Å². The highest BCUT2D eigenvalue weighted by Gasteiger charge is 2.52. The van der Waals surface area contributed by atoms with Crippen LogP contribution in [0.2, 0.25) is 0 Å². The number of benzene rings is 2. The van der Waals surface area contributed by atoms with Crippen LogP contribution in [0.15, 0.2) is 30.3 Å². The number of aliphatic carboxylic acids is 1. The zero-order chi connectivity index (χ0) is 20.1. The number of aliphatic hydroxyl groups is 1. The molecule has 3 aromatic rings. The molecule has 1 aliphatic carbocycles. The third-order valence-corrected chi connectivity index (χ3v) is 6.49. The Hall–Kier alpha value is -2.73. The van der Waals surface area contributed by atoms with Gasteiger partial charge < -0.3 is 10.2 Å². The molecular weight excluding hydrogens is 354 g/mol. The molecule has 6 heteroatoms. The van der Waals surface area contributed by atoms with Crippen molar-refractivity contribution in [1.29, 1.82) is 0 Å². The number of aryl methyl sites for hydroxylation is 3. The van der Waals surface area contributed by atoms with Gasteiger partial charge in [-0.3, -0.25) is 4.79 Å². The molecule has 0 spiro atoms. The standard InChI is InChI=1S/C22H25N3O3/c1-13-5-6-15(11-16(13)12-26)19(22(21(27)28)9-4-10-22)17-7-8-18-20(14(17)2)23-24-25(18)3/h5-8,11,19,26H,4,9-10,12H2,1-3H3,(H,27,28). The summed E-state index contributed by atoms with van der Waals surface area (Å²) in [5.41, 5.74) is 5.62. The lowest BCUT2D eigenvalue weighted by Crippen LogP contribution is -2.44. The van der Waals surface area contributed by atoms with Gasteiger partial charge in [0.2, 0.25) is 0 Å². The summed E-state index contributed by atoms with van der Waals surface area (Å²) in [5.74, 6) is -1.05. The highest BCUT2D eigenvalue weighted by Crippen LogP contribution is 2.55. The van der Waals surface area contributed by atoms with Crippen molar-refractivity contribution in [3.05, 3.63) is 58.1 Å². The first-order chi connectivity index (χ1) is 13.4. The van der Waals surface area contributed by atoms with E-state index in [9.17, 15) is 15.0 Å². The SMILES string of the molecule is Cc1ccc(C(c2ccc3c(nnn3C)c2C)C2(C(=O)O)CCC2)cc1CO. The first kappa shape index (κ1) is 18.6. The molecule has 2 N–H and O–H groups in total. The Morgan fingerprint density at radius 2 is 2.00 bits per heavy atom. The van der Waals surface area contributed by atoms with Gasteiger partial charge in [-0.25, -0.2) is 4.68 Å². The number of hydrogen-bond donors (Lipinski definition) is 2. The first-order valence-corrected chi connectivity index (χ1v) is 9.61. The molecule has 4 rings (SSSR count). The van der Waals surface area contributed by atoms with Crippen LogP contribution in [0.5, 0.6) is 0 Å². The van der Waals surface area contributed by atoms with Crippen LogP contribution in [0.1, 0.15) is 53.0 Å². The Morgan fingerprint density at radius 1 is 1.25 bits per heavy atom. The summed E-state index contributed by atoms with van der Waals surface area (Å²) in [7, 11) is 1.85. The number of carboxylic acid groups (broad SMARTS) is 1. The fourth-order valence-corrected chi connectivity index (χ4v) is 4.58. The second-order valence-corrected chi connectivity index (χ2v) is 7.95. The first-order valence-electron chi connectivity index (χ1n) is 9.61. The summed E-state index contributed by atoms with van der Waals surface area (Å²) < 4.78 is 1.73. The largest absolute Gasteiger partial charge is 0.481 e. The van der Waals surface area contributed by atoms with Gasteiger partial charge in [-0.05, 0) is 60.6 Å². The molecule has 1 heterocycles. The molecule has 1 unspecified atom stereocenters. The molecule has 0 aliphatic heterocycles. The Labute approximate surface area is 163 Å². The van der Waals surface area contributed by atoms with E-state index < -0.39 is 11.4 Å². The van der Waals surface area contributed by atoms with Crippen LogP contribution in [-0.4, -0.2) is 31.2 Å². The van der Waals surface area contributed by atoms with E-state index in [4.69, 9.17) is 0 Å². The van der Waals surface area contributed by atoms with Crippen LogP contribution in [0, 0.1) is 19.3 Å². The number of aliphatic hydroxyl groups excluding tert-OH is 1. The molecule has 1 aliphatic rings. The van der Waals surface area contributed by atoms with Gasteiger partial charge in [0.05, 0.1) is 17.5 Å². The average Bonchev–Trinajstić information content (AvgIpc) is 3.01. The summed E-state index contributed by atoms with van der Waals surface area (Å²) in [6.07, 6.45) is 2.20. The van der Waals surface area contributed by atoms with Gasteiger partial charge in [0.15, 0.2) is 0 Å². The minimum absolute atomic E-state index is 0.0609. The van der Waals surface area contributed by atoms with Crippen molar-refractivity contribution in [2.24, 2.45) is 12.5 Å². The summed E-state index contributed by atoms with van der Waals surface area (Å²) in [6, 6.07) is 9.93. The lowest BCUT2D eigenvalue weighted by atomic mass is 9.57. The van der Waals surface area contributed by atoms with E-state index in [1.54, 1.807) is 4.68 Å². The summed E-state index contributed by atoms with van der Waals surface area (Å²) in [4.78, 5) is 12.4. The fourth-order valence-electron chi connectivity index (χ4n) is 4.58. The normalized spacial score (nSPS) is 16.7. The van der Waals surface area contributed by atoms with Gasteiger partial charge in [0.1, 0.15) is 5.52 Å². The van der Waals surface area contributed by atoms with Crippen LogP contribution in [-0.2, 0) is 18.4 Å². The van der Waals surface area contributed by atoms with Crippen LogP contribution in [0.4, 0.5) is 0 Å². The number of carboxylic acids is 1. The molecule has 0 radical (unpaired) electrons. The molecule has 1 aromatic heterocycles. The number of hydrogen-bond acceptors (Lipinski definition) is 4. The zero-order valence-corrected chi connectivity index (χ0v) is 16.4. The topological polar surface area (TPSA) is 88.2 Å². The molecule has 2 aromatic carbocycles. The van der Waals surface area contributed by atoms with E-state index in [0.29, 0.717) is 12.8 Å². The predicted octanol–water partition coefficient (Wildman–Crippen LogP) is 3.46. The Balaban J connectivity index is 1.97. The maximum Gasteiger partial charge on any atom is 0.310 e. The van der Waals surface area contributed by atoms with Gasteiger partial charge in [0.25, 0.3) is 0 Å². The number of carbonyl (C=O) groups is 1. The molecule has 1 fully saturated rings. The summed E-state index contributed by atoms with van der Waals surface area (Å²) >= 11 is 0. The summed E-state index contributed by atoms with van der Waals surface area (Å²) in [5, 5.41) is 28.3. The van der Waals surface area contributed by atoms with E-state index in [-0.39, 0.29) is 12.5 Å². The average molecular weight is 379 g/mol. The van der Waals surface area contributed by atoms with Gasteiger partial charge >= 0.3 is 5.97 Å². The molecule has 28 heavy (non-hydrogen) atoms. The van der Waals surface area contributed by atoms with Gasteiger partial charge in [-0.15, -0.1) is 5.10 Å². The van der Waals surface area contributed by atoms with Crippen molar-refractivity contribution in [3.63, 3.8) is 0 Å². The third kappa shape index (κ3) is 2.63. The van der Waals surface area contributed by atoms with Crippen LogP contribution in [0.3, 0.4) is 0 Å². The molecular formula is C22H25N3O3. The Kier molecular flexibility index (Phi) is 4.46. The molecule has 0 saturated heterocycles. The number of nitrogens with zero attached hydrogens (tertiary/aromatic N) is 3. The van der Waals surface area contributed by atoms with Crippen molar-refractivity contribution < 1.29 is 15.0 Å². The smallest absolute Gasteiger partial charge is 0.310 e. The monoisotopic (exact) mass is 379 g/mol. The van der Waals surface area contributed by atoms with Crippen molar-refractivity contribution in [3.8, 4) is 0 Å². The third-order valence-electron chi connectivity index (χ3n) is 6.49. The maximum absolute atomic E-state index is 12.4. The molecule has 1 saturated carbocycles. The van der Waals surface area contributed by atoms with E-state index in [2.05, 4.69) is 10.3 Å². The van der Waals surface area contributed by atoms with Gasteiger partial charge in [0, 0.05) is 13.0 Å². The second-order valence-electron chi connectivity index (χ2n) is 7.95. The Morgan fingerprint density at radius 3 is 2.61 bits per heavy atom. The zero-order valence-electron chi connectivity index (χ0n) is 16.4. The highest BCUT2D eigenvalue weighted by atomic mass is 16.4. The minimum atomic E-state index is -0.831. The number of aromatic nitrogens is 3. The maximum atomic E-state index is 12.4. The predicted molar refractivity (Wildman–Crippen MR) is 106 cm³/mol. The lowest BCUT2D eigenvalue weighted by Gasteiger charge is -2.45. The van der Waals surface area contributed by atoms with Gasteiger partial charge in [-0.1, -0.05) is 35.9 Å². The fraction of sp³-hybridized carbons (Fsp3) is 0.409. The van der Waals surface area contributed by atoms with Crippen molar-refractivity contribution in [2.75, 3.05) is 0 Å². The van der Waals surface area contributed by atoms with Crippen molar-refractivity contribution in [2.45, 2.75) is 45.6 Å². The lowest BCUT2D eigenvalue weighted by molar-refractivity contribution is -0.155. The molecule has 146 valence electrons. The van der Waals surface area contributed by atoms with Crippen molar-refractivity contribution in [1.82, 2.24) is 15.0 Å². The quantitative estimate of drug-likeness (QED) is 0.709. The van der Waals surface area contributed by atoms with Crippen LogP contribution < -0.4 is 0 Å². The van der Waals surface area contributed by atoms with Crippen LogP contribution >= 0.6 is 0 Å². The minimum Gasteiger partial charge on any atom is -0.481 e. The molecule has 0 amide bonds. The van der Waals surface area contributed by atoms with E-state index >= 15 is 0 Å². The Bertz CT molecular complexity index is 1070. The van der Waals surface area contributed by atoms with E-state index in [1.165, 1.54) is 0 Å². The second kappa shape index (κ2) is 6.71. The van der Waals surface area contributed by atoms with E-state index in [0.717, 1.165) is 45.3 Å². The number of rotatable bonds is 5. The van der Waals surface area contributed by atoms with Crippen LogP contribution in [0.25, 0.3) is 11.0 Å². The molecule has 0 bridgehead atoms.